The Morgan fingerprint density at radius 3 is 2.84 bits per heavy atom. The average molecular weight is 355 g/mol. The Labute approximate surface area is 147 Å². The first kappa shape index (κ1) is 14.1. The molecule has 5 unspecified atom stereocenters. The summed E-state index contributed by atoms with van der Waals surface area (Å²) >= 11 is 0. The molecule has 2 aliphatic rings. The number of ether oxygens (including phenoxy) is 1. The van der Waals surface area contributed by atoms with Crippen LogP contribution in [-0.2, 0) is 14.3 Å². The molecule has 3 rings (SSSR count). The van der Waals surface area contributed by atoms with Crippen LogP contribution in [0.1, 0.15) is 34.8 Å². The van der Waals surface area contributed by atoms with Crippen molar-refractivity contribution in [3.63, 3.8) is 0 Å². The average Bonchev–Trinajstić information content (AvgIpc) is 3.01. The van der Waals surface area contributed by atoms with E-state index in [-0.39, 0.29) is 12.8 Å². The molecule has 2 aliphatic heterocycles. The largest absolute Gasteiger partial charge is 0.547 e. The van der Waals surface area contributed by atoms with Crippen molar-refractivity contribution in [2.24, 2.45) is 0 Å². The molecule has 9 nitrogen and oxygen atoms in total. The Hall–Kier alpha value is -2.07. The molecule has 0 aromatic carbocycles. The lowest BCUT2D eigenvalue weighted by Gasteiger charge is -2.37. The van der Waals surface area contributed by atoms with Gasteiger partial charge in [0.25, 0.3) is 6.23 Å². The molecule has 0 saturated carbocycles. The van der Waals surface area contributed by atoms with Gasteiger partial charge in [0.1, 0.15) is 18.3 Å². The smallest absolute Gasteiger partial charge is 0.292 e. The molecule has 0 radical (unpaired) electrons. The third-order valence-electron chi connectivity index (χ3n) is 4.56. The highest BCUT2D eigenvalue weighted by Crippen LogP contribution is 2.31. The quantitative estimate of drug-likeness (QED) is 0.492. The van der Waals surface area contributed by atoms with E-state index in [0.29, 0.717) is 5.56 Å². The van der Waals surface area contributed by atoms with Gasteiger partial charge in [-0.2, -0.15) is 4.57 Å². The Bertz CT molecular complexity index is 775. The number of likely N-dealkylation sites (tertiary alicyclic amines) is 1. The third kappa shape index (κ3) is 3.11. The first-order chi connectivity index (χ1) is 13.0. The zero-order chi connectivity index (χ0) is 20.8. The van der Waals surface area contributed by atoms with Gasteiger partial charge in [-0.3, -0.25) is 4.79 Å². The second-order valence-corrected chi connectivity index (χ2v) is 6.14. The highest BCUT2D eigenvalue weighted by molar-refractivity contribution is 5.78. The van der Waals surface area contributed by atoms with Crippen molar-refractivity contribution in [2.45, 2.75) is 49.5 Å². The lowest BCUT2D eigenvalue weighted by atomic mass is 9.97. The predicted molar refractivity (Wildman–Crippen MR) is 78.3 cm³/mol. The molecule has 136 valence electrons. The van der Waals surface area contributed by atoms with Crippen molar-refractivity contribution in [3.8, 4) is 0 Å². The molecule has 0 spiro atoms. The maximum atomic E-state index is 12.0. The number of hydrogen-bond acceptors (Lipinski definition) is 7. The number of amides is 1. The van der Waals surface area contributed by atoms with E-state index < -0.39 is 55.5 Å². The Balaban J connectivity index is 1.93. The van der Waals surface area contributed by atoms with E-state index in [2.05, 4.69) is 0 Å². The third-order valence-corrected chi connectivity index (χ3v) is 4.56. The van der Waals surface area contributed by atoms with Crippen molar-refractivity contribution >= 4 is 11.9 Å². The summed E-state index contributed by atoms with van der Waals surface area (Å²) < 4.78 is 29.2. The fourth-order valence-corrected chi connectivity index (χ4v) is 3.17. The number of carbonyl (C=O) groups excluding carboxylic acids is 2. The normalized spacial score (nSPS) is 38.1. The summed E-state index contributed by atoms with van der Waals surface area (Å²) in [7, 11) is 0. The van der Waals surface area contributed by atoms with Gasteiger partial charge in [-0.25, -0.2) is 0 Å². The summed E-state index contributed by atoms with van der Waals surface area (Å²) in [6.07, 6.45) is -5.41. The van der Waals surface area contributed by atoms with Crippen LogP contribution in [0.25, 0.3) is 0 Å². The van der Waals surface area contributed by atoms with Gasteiger partial charge < -0.3 is 34.9 Å². The Morgan fingerprint density at radius 2 is 2.16 bits per heavy atom. The van der Waals surface area contributed by atoms with Gasteiger partial charge in [0.15, 0.2) is 18.5 Å². The van der Waals surface area contributed by atoms with Crippen LogP contribution in [0, 0.1) is 0 Å². The van der Waals surface area contributed by atoms with E-state index in [1.54, 1.807) is 6.07 Å². The van der Waals surface area contributed by atoms with E-state index >= 15 is 0 Å². The maximum absolute atomic E-state index is 12.0. The molecule has 1 aromatic rings. The number of aliphatic carboxylic acids is 1. The number of carbonyl (C=O) groups is 2. The van der Waals surface area contributed by atoms with Crippen molar-refractivity contribution in [1.82, 2.24) is 4.90 Å². The van der Waals surface area contributed by atoms with Crippen LogP contribution < -0.4 is 9.67 Å². The number of pyridine rings is 1. The van der Waals surface area contributed by atoms with Crippen molar-refractivity contribution in [2.75, 3.05) is 6.98 Å². The summed E-state index contributed by atoms with van der Waals surface area (Å²) in [5.74, 6) is -2.26. The molecular formula is C16H20N2O7. The van der Waals surface area contributed by atoms with Crippen LogP contribution in [0.2, 0.25) is 0 Å². The number of aromatic nitrogens is 1. The maximum Gasteiger partial charge on any atom is 0.292 e. The molecule has 1 aromatic heterocycles. The van der Waals surface area contributed by atoms with E-state index in [0.717, 1.165) is 4.90 Å². The van der Waals surface area contributed by atoms with Gasteiger partial charge in [0.2, 0.25) is 5.91 Å². The van der Waals surface area contributed by atoms with Gasteiger partial charge in [0, 0.05) is 29.1 Å². The van der Waals surface area contributed by atoms with E-state index in [1.165, 1.54) is 23.0 Å². The van der Waals surface area contributed by atoms with Crippen LogP contribution in [0.15, 0.2) is 24.5 Å². The highest BCUT2D eigenvalue weighted by Gasteiger charge is 2.49. The Kier molecular flexibility index (Phi) is 3.78. The zero-order valence-electron chi connectivity index (χ0n) is 16.1. The summed E-state index contributed by atoms with van der Waals surface area (Å²) in [5, 5.41) is 41.1. The number of carboxylic acids is 1. The number of aliphatic hydroxyl groups is 3. The number of aliphatic hydroxyl groups excluding tert-OH is 3. The van der Waals surface area contributed by atoms with Gasteiger partial charge in [0.05, 0.1) is 12.0 Å². The van der Waals surface area contributed by atoms with Gasteiger partial charge >= 0.3 is 0 Å². The monoisotopic (exact) mass is 355 g/mol. The second-order valence-electron chi connectivity index (χ2n) is 6.14. The molecule has 25 heavy (non-hydrogen) atoms. The lowest BCUT2D eigenvalue weighted by molar-refractivity contribution is -0.777. The standard InChI is InChI=1S/C16H20N2O7/c1-17-9(4-5-10(17)19)8-3-2-6-18(7-8)15-13(22)11(20)12(21)14(25-15)16(23)24/h2-3,6-7,9,11-15,20-22H,4-5H2,1H3/t9-,11?,12?,13?,14?,15?/m0/s1/i1D3. The van der Waals surface area contributed by atoms with Gasteiger partial charge in [-0.05, 0) is 12.5 Å². The number of carboxylic acid groups (broad SMARTS) is 1. The topological polar surface area (TPSA) is 134 Å². The van der Waals surface area contributed by atoms with Gasteiger partial charge in [-0.15, -0.1) is 0 Å². The molecule has 9 heteroatoms. The van der Waals surface area contributed by atoms with E-state index in [9.17, 15) is 30.0 Å². The molecule has 2 saturated heterocycles. The van der Waals surface area contributed by atoms with Crippen molar-refractivity contribution < 1.29 is 43.4 Å². The van der Waals surface area contributed by atoms with Gasteiger partial charge in [-0.1, -0.05) is 0 Å². The molecule has 3 heterocycles. The molecule has 3 N–H and O–H groups in total. The number of rotatable bonds is 3. The number of nitrogens with zero attached hydrogens (tertiary/aromatic N) is 2. The van der Waals surface area contributed by atoms with Crippen LogP contribution in [0.4, 0.5) is 0 Å². The predicted octanol–water partition coefficient (Wildman–Crippen LogP) is -3.00. The van der Waals surface area contributed by atoms with Crippen LogP contribution in [-0.4, -0.2) is 63.5 Å². The lowest BCUT2D eigenvalue weighted by Crippen LogP contribution is -2.65. The van der Waals surface area contributed by atoms with Crippen molar-refractivity contribution in [1.29, 1.82) is 0 Å². The highest BCUT2D eigenvalue weighted by atomic mass is 16.6. The minimum atomic E-state index is -2.62. The SMILES string of the molecule is [2H]C([2H])([2H])N1C(=O)CC[C@H]1c1ccc[n+](C2OC(C(=O)[O-])C(O)C(O)C2O)c1. The molecule has 1 amide bonds. The van der Waals surface area contributed by atoms with Crippen molar-refractivity contribution in [3.05, 3.63) is 30.1 Å². The molecule has 2 fully saturated rings. The fourth-order valence-electron chi connectivity index (χ4n) is 3.17. The Morgan fingerprint density at radius 1 is 1.40 bits per heavy atom. The summed E-state index contributed by atoms with van der Waals surface area (Å²) in [5.41, 5.74) is 0.436. The first-order valence-electron chi connectivity index (χ1n) is 9.25. The number of hydrogen-bond donors (Lipinski definition) is 3. The van der Waals surface area contributed by atoms with Crippen LogP contribution >= 0.6 is 0 Å². The summed E-state index contributed by atoms with van der Waals surface area (Å²) in [6.45, 7) is -2.62. The minimum absolute atomic E-state index is 0.0676. The molecule has 0 bridgehead atoms. The van der Waals surface area contributed by atoms with Crippen LogP contribution in [0.5, 0.6) is 0 Å². The first-order valence-corrected chi connectivity index (χ1v) is 7.75. The summed E-state index contributed by atoms with van der Waals surface area (Å²) in [6, 6.07) is 2.37. The molecular weight excluding hydrogens is 332 g/mol. The minimum Gasteiger partial charge on any atom is -0.547 e. The molecule has 0 aliphatic carbocycles. The summed E-state index contributed by atoms with van der Waals surface area (Å²) in [4.78, 5) is 24.0. The van der Waals surface area contributed by atoms with Crippen LogP contribution in [0.3, 0.4) is 0 Å². The fraction of sp³-hybridized carbons (Fsp3) is 0.562. The zero-order valence-corrected chi connectivity index (χ0v) is 13.1. The van der Waals surface area contributed by atoms with E-state index in [4.69, 9.17) is 8.85 Å². The molecule has 6 atom stereocenters. The second kappa shape index (κ2) is 6.68. The van der Waals surface area contributed by atoms with E-state index in [1.807, 2.05) is 0 Å².